The van der Waals surface area contributed by atoms with Crippen LogP contribution in [0.25, 0.3) is 0 Å². The second-order valence-electron chi connectivity index (χ2n) is 8.12. The molecule has 0 radical (unpaired) electrons. The molecule has 1 heterocycles. The van der Waals surface area contributed by atoms with E-state index in [9.17, 15) is 20.1 Å². The molecule has 1 aliphatic heterocycles. The van der Waals surface area contributed by atoms with E-state index in [4.69, 9.17) is 27.9 Å². The second-order valence-corrected chi connectivity index (χ2v) is 32.2. The first-order valence-electron chi connectivity index (χ1n) is 9.46. The Bertz CT molecular complexity index is 784. The summed E-state index contributed by atoms with van der Waals surface area (Å²) in [5.41, 5.74) is 3.75. The standard InChI is InChI=1S/C9H13.C5H5Cl2.C5H9GeO5.Zr/c1-6-5-7(2)9(4)8(6)3;6-4-2-1-3-5(4)7;6-5(10)3(8)2(1-7)11-4(5)9;/h6H,1-4H3;1-2,4H,3H2;2-3,7-8,10H,1,6H2;/t;;2-,3+,5+;/m..1./s1. The first kappa shape index (κ1) is 23.2. The molecule has 155 valence electrons. The van der Waals surface area contributed by atoms with Crippen LogP contribution in [0.5, 0.6) is 0 Å². The van der Waals surface area contributed by atoms with Gasteiger partial charge in [0.25, 0.3) is 0 Å². The van der Waals surface area contributed by atoms with Crippen LogP contribution in [0.4, 0.5) is 0 Å². The van der Waals surface area contributed by atoms with Gasteiger partial charge in [-0.3, -0.25) is 0 Å². The molecule has 3 N–H and O–H groups in total. The summed E-state index contributed by atoms with van der Waals surface area (Å²) in [7, 11) is 0. The van der Waals surface area contributed by atoms with Gasteiger partial charge in [-0.15, -0.1) is 0 Å². The Morgan fingerprint density at radius 1 is 1.36 bits per heavy atom. The number of halogens is 2. The molecule has 3 aliphatic rings. The van der Waals surface area contributed by atoms with Crippen LogP contribution in [0.1, 0.15) is 34.1 Å². The van der Waals surface area contributed by atoms with E-state index in [1.165, 1.54) is 20.0 Å². The molecule has 3 rings (SSSR count). The van der Waals surface area contributed by atoms with Crippen molar-refractivity contribution in [2.24, 2.45) is 5.92 Å². The van der Waals surface area contributed by atoms with Gasteiger partial charge in [-0.25, -0.2) is 0 Å². The van der Waals surface area contributed by atoms with Gasteiger partial charge in [-0.1, -0.05) is 0 Å². The molecule has 5 nitrogen and oxygen atoms in total. The number of rotatable bonds is 5. The zero-order chi connectivity index (χ0) is 21.0. The molecule has 1 saturated heterocycles. The van der Waals surface area contributed by atoms with Crippen LogP contribution in [-0.4, -0.2) is 64.1 Å². The van der Waals surface area contributed by atoms with Crippen molar-refractivity contribution >= 4 is 40.8 Å². The number of carbonyl (C=O) groups is 1. The van der Waals surface area contributed by atoms with E-state index in [1.54, 1.807) is 0 Å². The Labute approximate surface area is 187 Å². The number of aliphatic hydroxyl groups excluding tert-OH is 2. The van der Waals surface area contributed by atoms with Gasteiger partial charge in [0.1, 0.15) is 0 Å². The molecule has 0 saturated carbocycles. The van der Waals surface area contributed by atoms with E-state index < -0.39 is 62.7 Å². The zero-order valence-electron chi connectivity index (χ0n) is 16.5. The predicted octanol–water partition coefficient (Wildman–Crippen LogP) is 1.42. The van der Waals surface area contributed by atoms with Crippen molar-refractivity contribution in [2.45, 2.75) is 58.7 Å². The average Bonchev–Trinajstić information content (AvgIpc) is 3.17. The molecule has 0 aromatic carbocycles. The first-order chi connectivity index (χ1) is 13.0. The van der Waals surface area contributed by atoms with E-state index in [0.717, 1.165) is 0 Å². The van der Waals surface area contributed by atoms with Crippen molar-refractivity contribution in [2.75, 3.05) is 6.61 Å². The van der Waals surface area contributed by atoms with E-state index in [2.05, 4.69) is 27.7 Å². The number of cyclic esters (lactones) is 1. The third-order valence-corrected chi connectivity index (χ3v) is 46.9. The van der Waals surface area contributed by atoms with Crippen molar-refractivity contribution in [1.29, 1.82) is 0 Å². The Morgan fingerprint density at radius 2 is 2.00 bits per heavy atom. The van der Waals surface area contributed by atoms with Gasteiger partial charge in [-0.05, 0) is 0 Å². The van der Waals surface area contributed by atoms with Crippen molar-refractivity contribution in [3.8, 4) is 0 Å². The van der Waals surface area contributed by atoms with Gasteiger partial charge in [-0.2, -0.15) is 0 Å². The summed E-state index contributed by atoms with van der Waals surface area (Å²) in [6.45, 7) is 7.95. The molecule has 0 amide bonds. The molecule has 3 unspecified atom stereocenters. The molecule has 0 bridgehead atoms. The van der Waals surface area contributed by atoms with Crippen LogP contribution >= 0.6 is 23.2 Å². The molecular formula is C19H27Cl2GeO5Zr. The van der Waals surface area contributed by atoms with Gasteiger partial charge in [0.15, 0.2) is 0 Å². The molecular weight excluding hydrogens is 543 g/mol. The quantitative estimate of drug-likeness (QED) is 0.202. The second kappa shape index (κ2) is 8.25. The number of carbonyl (C=O) groups excluding carboxylic acids is 1. The minimum atomic E-state index is -2.91. The Balaban J connectivity index is 2.06. The van der Waals surface area contributed by atoms with E-state index in [-0.39, 0.29) is 11.3 Å². The summed E-state index contributed by atoms with van der Waals surface area (Å²) in [4.78, 5) is 12.5. The predicted molar refractivity (Wildman–Crippen MR) is 109 cm³/mol. The summed E-state index contributed by atoms with van der Waals surface area (Å²) < 4.78 is 3.86. The van der Waals surface area contributed by atoms with Crippen molar-refractivity contribution in [3.05, 3.63) is 32.2 Å². The van der Waals surface area contributed by atoms with Gasteiger partial charge in [0.2, 0.25) is 0 Å². The average molecular weight is 570 g/mol. The molecule has 6 atom stereocenters. The zero-order valence-corrected chi connectivity index (χ0v) is 23.4. The normalized spacial score (nSPS) is 41.1. The van der Waals surface area contributed by atoms with E-state index >= 15 is 0 Å². The van der Waals surface area contributed by atoms with Gasteiger partial charge < -0.3 is 0 Å². The fourth-order valence-electron chi connectivity index (χ4n) is 4.55. The number of hydrogen-bond donors (Lipinski definition) is 3. The summed E-state index contributed by atoms with van der Waals surface area (Å²) >= 11 is 8.73. The minimum absolute atomic E-state index is 0.215. The van der Waals surface area contributed by atoms with Crippen LogP contribution in [0, 0.1) is 5.92 Å². The molecule has 0 aromatic rings. The third kappa shape index (κ3) is 3.49. The topological polar surface area (TPSA) is 87.0 Å². The number of aliphatic hydroxyl groups is 3. The van der Waals surface area contributed by atoms with Crippen LogP contribution in [0.3, 0.4) is 0 Å². The van der Waals surface area contributed by atoms with Crippen LogP contribution < -0.4 is 0 Å². The van der Waals surface area contributed by atoms with Gasteiger partial charge in [0, 0.05) is 0 Å². The molecule has 0 aromatic heterocycles. The van der Waals surface area contributed by atoms with Crippen LogP contribution in [0.2, 0.25) is 0 Å². The van der Waals surface area contributed by atoms with Gasteiger partial charge in [0.05, 0.1) is 0 Å². The molecule has 1 fully saturated rings. The molecule has 9 heteroatoms. The van der Waals surface area contributed by atoms with Crippen LogP contribution in [0.15, 0.2) is 32.2 Å². The monoisotopic (exact) mass is 569 g/mol. The third-order valence-electron chi connectivity index (χ3n) is 6.70. The number of ether oxygens (including phenoxy) is 1. The summed E-state index contributed by atoms with van der Waals surface area (Å²) in [6, 6.07) is 0. The number of hydrogen-bond acceptors (Lipinski definition) is 5. The maximum atomic E-state index is 12.5. The number of alkyl halides is 2. The molecule has 28 heavy (non-hydrogen) atoms. The first-order valence-corrected chi connectivity index (χ1v) is 24.7. The fraction of sp³-hybridized carbons (Fsp3) is 0.632. The molecule has 0 spiro atoms. The fourth-order valence-corrected chi connectivity index (χ4v) is 49.2. The van der Waals surface area contributed by atoms with Crippen molar-refractivity contribution in [3.63, 3.8) is 0 Å². The van der Waals surface area contributed by atoms with E-state index in [1.807, 2.05) is 12.2 Å². The molecule has 2 aliphatic carbocycles. The summed E-state index contributed by atoms with van der Waals surface area (Å²) in [6.07, 6.45) is 2.03. The number of esters is 1. The van der Waals surface area contributed by atoms with Crippen LogP contribution in [-0.2, 0) is 28.8 Å². The van der Waals surface area contributed by atoms with E-state index in [0.29, 0.717) is 6.42 Å². The van der Waals surface area contributed by atoms with Crippen molar-refractivity contribution in [1.82, 2.24) is 0 Å². The Hall–Kier alpha value is 0.576. The van der Waals surface area contributed by atoms with Gasteiger partial charge >= 0.3 is 188 Å². The maximum absolute atomic E-state index is 12.5. The SMILES string of the molecule is CC1=C(C)C(C)[C]([Zr]([GeH2][C@@]2(O)C(=O)O[C@H](CO)[C@@H]2O)[C]2(Cl)CC=CC2Cl)=C1C. The summed E-state index contributed by atoms with van der Waals surface area (Å²) in [5.74, 6) is -0.591. The number of allylic oxidation sites excluding steroid dienone is 6. The summed E-state index contributed by atoms with van der Waals surface area (Å²) in [5, 5.41) is 30.9. The Morgan fingerprint density at radius 3 is 2.43 bits per heavy atom. The Kier molecular flexibility index (Phi) is 6.85. The van der Waals surface area contributed by atoms with Crippen molar-refractivity contribution < 1.29 is 44.1 Å².